The zero-order valence-corrected chi connectivity index (χ0v) is 10.1. The molecule has 94 valence electrons. The summed E-state index contributed by atoms with van der Waals surface area (Å²) in [5.41, 5.74) is 4.47. The molecule has 0 saturated heterocycles. The SMILES string of the molecule is COCCNCC(=O)NC(C)(C)CC(N)=O. The first-order chi connectivity index (χ1) is 7.37. The molecule has 0 spiro atoms. The first-order valence-electron chi connectivity index (χ1n) is 5.16. The van der Waals surface area contributed by atoms with Gasteiger partial charge in [-0.25, -0.2) is 0 Å². The van der Waals surface area contributed by atoms with Crippen LogP contribution in [-0.2, 0) is 14.3 Å². The van der Waals surface area contributed by atoms with Crippen molar-refractivity contribution in [2.75, 3.05) is 26.8 Å². The standard InChI is InChI=1S/C10H21N3O3/c1-10(2,6-8(11)14)13-9(15)7-12-4-5-16-3/h12H,4-7H2,1-3H3,(H2,11,14)(H,13,15). The molecular weight excluding hydrogens is 210 g/mol. The van der Waals surface area contributed by atoms with E-state index in [1.54, 1.807) is 21.0 Å². The second kappa shape index (κ2) is 7.19. The van der Waals surface area contributed by atoms with Crippen molar-refractivity contribution in [2.24, 2.45) is 5.73 Å². The summed E-state index contributed by atoms with van der Waals surface area (Å²) in [7, 11) is 1.59. The maximum Gasteiger partial charge on any atom is 0.234 e. The fraction of sp³-hybridized carbons (Fsp3) is 0.800. The molecule has 0 aromatic heterocycles. The number of amides is 2. The minimum Gasteiger partial charge on any atom is -0.383 e. The number of ether oxygens (including phenoxy) is 1. The van der Waals surface area contributed by atoms with Crippen molar-refractivity contribution in [2.45, 2.75) is 25.8 Å². The summed E-state index contributed by atoms with van der Waals surface area (Å²) in [5.74, 6) is -0.597. The molecule has 0 aliphatic heterocycles. The third-order valence-corrected chi connectivity index (χ3v) is 1.86. The Bertz CT molecular complexity index is 241. The van der Waals surface area contributed by atoms with Gasteiger partial charge in [-0.15, -0.1) is 0 Å². The zero-order valence-electron chi connectivity index (χ0n) is 10.1. The van der Waals surface area contributed by atoms with Crippen LogP contribution in [0.25, 0.3) is 0 Å². The van der Waals surface area contributed by atoms with E-state index in [2.05, 4.69) is 10.6 Å². The molecule has 2 amide bonds. The molecule has 6 heteroatoms. The van der Waals surface area contributed by atoms with Crippen molar-refractivity contribution in [3.8, 4) is 0 Å². The van der Waals surface area contributed by atoms with E-state index < -0.39 is 11.4 Å². The molecule has 0 radical (unpaired) electrons. The third-order valence-electron chi connectivity index (χ3n) is 1.86. The zero-order chi connectivity index (χ0) is 12.6. The van der Waals surface area contributed by atoms with E-state index in [0.717, 1.165) is 0 Å². The van der Waals surface area contributed by atoms with Crippen LogP contribution in [0.15, 0.2) is 0 Å². The normalized spacial score (nSPS) is 11.2. The van der Waals surface area contributed by atoms with E-state index in [0.29, 0.717) is 13.2 Å². The molecule has 6 nitrogen and oxygen atoms in total. The van der Waals surface area contributed by atoms with Crippen molar-refractivity contribution in [1.29, 1.82) is 0 Å². The van der Waals surface area contributed by atoms with Gasteiger partial charge in [0.15, 0.2) is 0 Å². The Morgan fingerprint density at radius 1 is 1.38 bits per heavy atom. The highest BCUT2D eigenvalue weighted by molar-refractivity contribution is 5.81. The third kappa shape index (κ3) is 8.19. The Morgan fingerprint density at radius 2 is 2.00 bits per heavy atom. The Labute approximate surface area is 95.9 Å². The first-order valence-corrected chi connectivity index (χ1v) is 5.16. The van der Waals surface area contributed by atoms with Crippen LogP contribution in [-0.4, -0.2) is 44.2 Å². The van der Waals surface area contributed by atoms with Crippen molar-refractivity contribution in [3.05, 3.63) is 0 Å². The highest BCUT2D eigenvalue weighted by atomic mass is 16.5. The molecule has 16 heavy (non-hydrogen) atoms. The van der Waals surface area contributed by atoms with Crippen molar-refractivity contribution in [3.63, 3.8) is 0 Å². The molecule has 0 aliphatic rings. The van der Waals surface area contributed by atoms with Gasteiger partial charge in [-0.05, 0) is 13.8 Å². The van der Waals surface area contributed by atoms with Crippen LogP contribution in [0.5, 0.6) is 0 Å². The van der Waals surface area contributed by atoms with Gasteiger partial charge in [0.1, 0.15) is 0 Å². The van der Waals surface area contributed by atoms with Gasteiger partial charge in [0, 0.05) is 25.6 Å². The van der Waals surface area contributed by atoms with Crippen molar-refractivity contribution < 1.29 is 14.3 Å². The molecule has 0 atom stereocenters. The predicted molar refractivity (Wildman–Crippen MR) is 60.8 cm³/mol. The molecule has 0 aromatic carbocycles. The lowest BCUT2D eigenvalue weighted by atomic mass is 10.0. The average molecular weight is 231 g/mol. The Hall–Kier alpha value is -1.14. The lowest BCUT2D eigenvalue weighted by Crippen LogP contribution is -2.49. The molecule has 0 saturated carbocycles. The Balaban J connectivity index is 3.80. The number of hydrogen-bond acceptors (Lipinski definition) is 4. The first kappa shape index (κ1) is 14.9. The van der Waals surface area contributed by atoms with E-state index in [1.165, 1.54) is 0 Å². The van der Waals surface area contributed by atoms with Gasteiger partial charge in [0.05, 0.1) is 13.2 Å². The number of hydrogen-bond donors (Lipinski definition) is 3. The highest BCUT2D eigenvalue weighted by Crippen LogP contribution is 2.06. The van der Waals surface area contributed by atoms with E-state index in [4.69, 9.17) is 10.5 Å². The minimum atomic E-state index is -0.605. The van der Waals surface area contributed by atoms with Gasteiger partial charge in [-0.1, -0.05) is 0 Å². The molecule has 0 unspecified atom stereocenters. The monoisotopic (exact) mass is 231 g/mol. The summed E-state index contributed by atoms with van der Waals surface area (Å²) >= 11 is 0. The van der Waals surface area contributed by atoms with Crippen LogP contribution in [0.2, 0.25) is 0 Å². The number of primary amides is 1. The van der Waals surface area contributed by atoms with Crippen molar-refractivity contribution in [1.82, 2.24) is 10.6 Å². The number of carbonyl (C=O) groups excluding carboxylic acids is 2. The van der Waals surface area contributed by atoms with Gasteiger partial charge >= 0.3 is 0 Å². The van der Waals surface area contributed by atoms with E-state index in [1.807, 2.05) is 0 Å². The van der Waals surface area contributed by atoms with E-state index in [9.17, 15) is 9.59 Å². The molecule has 0 fully saturated rings. The molecule has 0 bridgehead atoms. The Kier molecular flexibility index (Phi) is 6.67. The number of nitrogens with two attached hydrogens (primary N) is 1. The van der Waals surface area contributed by atoms with Gasteiger partial charge in [-0.2, -0.15) is 0 Å². The van der Waals surface area contributed by atoms with Crippen LogP contribution < -0.4 is 16.4 Å². The number of methoxy groups -OCH3 is 1. The topological polar surface area (TPSA) is 93.4 Å². The number of nitrogens with one attached hydrogen (secondary N) is 2. The lowest BCUT2D eigenvalue weighted by molar-refractivity contribution is -0.123. The molecule has 0 aliphatic carbocycles. The molecular formula is C10H21N3O3. The highest BCUT2D eigenvalue weighted by Gasteiger charge is 2.22. The molecule has 4 N–H and O–H groups in total. The quantitative estimate of drug-likeness (QED) is 0.467. The predicted octanol–water partition coefficient (Wildman–Crippen LogP) is -1.01. The van der Waals surface area contributed by atoms with Crippen molar-refractivity contribution >= 4 is 11.8 Å². The summed E-state index contributed by atoms with van der Waals surface area (Å²) in [6.07, 6.45) is 0.122. The van der Waals surface area contributed by atoms with Crippen LogP contribution >= 0.6 is 0 Å². The number of rotatable bonds is 8. The van der Waals surface area contributed by atoms with Gasteiger partial charge in [0.2, 0.25) is 11.8 Å². The maximum atomic E-state index is 11.4. The maximum absolute atomic E-state index is 11.4. The molecule has 0 heterocycles. The largest absolute Gasteiger partial charge is 0.383 e. The number of carbonyl (C=O) groups is 2. The van der Waals surface area contributed by atoms with Gasteiger partial charge < -0.3 is 21.1 Å². The molecule has 0 aromatic rings. The summed E-state index contributed by atoms with van der Waals surface area (Å²) in [5, 5.41) is 5.63. The summed E-state index contributed by atoms with van der Waals surface area (Å²) in [6, 6.07) is 0. The van der Waals surface area contributed by atoms with Gasteiger partial charge in [-0.3, -0.25) is 9.59 Å². The van der Waals surface area contributed by atoms with Crippen LogP contribution in [0.3, 0.4) is 0 Å². The Morgan fingerprint density at radius 3 is 2.50 bits per heavy atom. The molecule has 0 rings (SSSR count). The summed E-state index contributed by atoms with van der Waals surface area (Å²) < 4.78 is 4.82. The fourth-order valence-electron chi connectivity index (χ4n) is 1.28. The summed E-state index contributed by atoms with van der Waals surface area (Å²) in [6.45, 7) is 4.87. The fourth-order valence-corrected chi connectivity index (χ4v) is 1.28. The lowest BCUT2D eigenvalue weighted by Gasteiger charge is -2.24. The second-order valence-electron chi connectivity index (χ2n) is 4.24. The van der Waals surface area contributed by atoms with E-state index in [-0.39, 0.29) is 18.9 Å². The van der Waals surface area contributed by atoms with Crippen LogP contribution in [0, 0.1) is 0 Å². The second-order valence-corrected chi connectivity index (χ2v) is 4.24. The minimum absolute atomic E-state index is 0.122. The smallest absolute Gasteiger partial charge is 0.234 e. The van der Waals surface area contributed by atoms with Gasteiger partial charge in [0.25, 0.3) is 0 Å². The van der Waals surface area contributed by atoms with Crippen LogP contribution in [0.4, 0.5) is 0 Å². The summed E-state index contributed by atoms with van der Waals surface area (Å²) in [4.78, 5) is 22.2. The average Bonchev–Trinajstić information content (AvgIpc) is 2.09. The van der Waals surface area contributed by atoms with E-state index >= 15 is 0 Å². The van der Waals surface area contributed by atoms with Crippen LogP contribution in [0.1, 0.15) is 20.3 Å².